The fraction of sp³-hybridized carbons (Fsp3) is 0.600. The van der Waals surface area contributed by atoms with Crippen LogP contribution in [0.5, 0.6) is 0 Å². The van der Waals surface area contributed by atoms with Gasteiger partial charge in [0, 0.05) is 23.1 Å². The average Bonchev–Trinajstić information content (AvgIpc) is 2.83. The number of aryl methyl sites for hydroxylation is 1. The largest absolute Gasteiger partial charge is 0.427 e. The maximum Gasteiger partial charge on any atom is 0.330 e. The minimum atomic E-state index is -0.718. The van der Waals surface area contributed by atoms with Gasteiger partial charge in [0.2, 0.25) is 0 Å². The number of aliphatic hydroxyl groups excluding tert-OH is 1. The van der Waals surface area contributed by atoms with Crippen molar-refractivity contribution in [3.05, 3.63) is 43.0 Å². The van der Waals surface area contributed by atoms with Crippen molar-refractivity contribution in [1.29, 1.82) is 0 Å². The third kappa shape index (κ3) is 2.67. The molecule has 108 valence electrons. The Kier molecular flexibility index (Phi) is 4.08. The Morgan fingerprint density at radius 3 is 3.10 bits per heavy atom. The fourth-order valence-electron chi connectivity index (χ4n) is 2.03. The Morgan fingerprint density at radius 1 is 1.70 bits per heavy atom. The molecule has 1 aromatic rings. The fourth-order valence-corrected chi connectivity index (χ4v) is 2.03. The molecule has 3 atom stereocenters. The van der Waals surface area contributed by atoms with Crippen LogP contribution in [0.3, 0.4) is 0 Å². The second-order valence-corrected chi connectivity index (χ2v) is 4.34. The Labute approximate surface area is 112 Å². The van der Waals surface area contributed by atoms with Crippen molar-refractivity contribution in [2.45, 2.75) is 31.8 Å². The third-order valence-electron chi connectivity index (χ3n) is 3.04. The van der Waals surface area contributed by atoms with Gasteiger partial charge in [0.15, 0.2) is 0 Å². The van der Waals surface area contributed by atoms with E-state index in [0.29, 0.717) is 5.56 Å². The molecule has 10 heteroatoms. The van der Waals surface area contributed by atoms with Gasteiger partial charge in [-0.15, -0.1) is 0 Å². The first-order chi connectivity index (χ1) is 9.56. The van der Waals surface area contributed by atoms with Gasteiger partial charge in [-0.25, -0.2) is 4.79 Å². The first kappa shape index (κ1) is 14.1. The molecule has 20 heavy (non-hydrogen) atoms. The van der Waals surface area contributed by atoms with Crippen molar-refractivity contribution in [2.24, 2.45) is 5.28 Å². The van der Waals surface area contributed by atoms with E-state index >= 15 is 0 Å². The van der Waals surface area contributed by atoms with Crippen molar-refractivity contribution in [3.8, 4) is 0 Å². The summed E-state index contributed by atoms with van der Waals surface area (Å²) in [4.78, 5) is 32.5. The molecule has 10 nitrogen and oxygen atoms in total. The van der Waals surface area contributed by atoms with Crippen LogP contribution in [0.4, 0.5) is 0 Å². The van der Waals surface area contributed by atoms with Crippen LogP contribution in [0.2, 0.25) is 0 Å². The molecular weight excluding hydrogens is 270 g/mol. The van der Waals surface area contributed by atoms with Gasteiger partial charge in [-0.05, 0) is 12.5 Å². The van der Waals surface area contributed by atoms with Crippen LogP contribution in [0.1, 0.15) is 18.2 Å². The Bertz CT molecular complexity index is 646. The molecule has 0 radical (unpaired) electrons. The monoisotopic (exact) mass is 283 g/mol. The van der Waals surface area contributed by atoms with Crippen LogP contribution >= 0.6 is 0 Å². The number of nitrogens with one attached hydrogen (secondary N) is 1. The molecule has 1 aromatic heterocycles. The van der Waals surface area contributed by atoms with Crippen LogP contribution in [0.25, 0.3) is 10.4 Å². The van der Waals surface area contributed by atoms with E-state index in [1.165, 1.54) is 10.8 Å². The molecule has 0 aliphatic carbocycles. The number of nitrogens with zero attached hydrogens (tertiary/aromatic N) is 4. The van der Waals surface area contributed by atoms with E-state index in [1.807, 2.05) is 0 Å². The zero-order chi connectivity index (χ0) is 14.7. The Balaban J connectivity index is 2.27. The Morgan fingerprint density at radius 2 is 2.45 bits per heavy atom. The van der Waals surface area contributed by atoms with Gasteiger partial charge in [-0.1, -0.05) is 0 Å². The number of aromatic nitrogens is 2. The highest BCUT2D eigenvalue weighted by Gasteiger charge is 2.37. The lowest BCUT2D eigenvalue weighted by Crippen LogP contribution is -2.33. The molecule has 1 fully saturated rings. The number of hydrogen-bond acceptors (Lipinski definition) is 6. The van der Waals surface area contributed by atoms with E-state index < -0.39 is 29.7 Å². The lowest BCUT2D eigenvalue weighted by atomic mass is 10.2. The average molecular weight is 283 g/mol. The van der Waals surface area contributed by atoms with Gasteiger partial charge in [-0.3, -0.25) is 14.3 Å². The molecule has 2 rings (SSSR count). The summed E-state index contributed by atoms with van der Waals surface area (Å²) in [5.41, 5.74) is 7.48. The molecule has 1 aliphatic rings. The highest BCUT2D eigenvalue weighted by Crippen LogP contribution is 2.29. The minimum Gasteiger partial charge on any atom is -0.427 e. The summed E-state index contributed by atoms with van der Waals surface area (Å²) in [6, 6.07) is 0. The summed E-state index contributed by atoms with van der Waals surface area (Å²) in [5, 5.41) is 12.2. The zero-order valence-corrected chi connectivity index (χ0v) is 10.6. The molecule has 3 unspecified atom stereocenters. The quantitative estimate of drug-likeness (QED) is 0.338. The number of H-pyrrole nitrogens is 1. The molecule has 0 spiro atoms. The summed E-state index contributed by atoms with van der Waals surface area (Å²) in [6.45, 7) is 1.21. The van der Waals surface area contributed by atoms with Gasteiger partial charge in [0.05, 0.1) is 6.61 Å². The van der Waals surface area contributed by atoms with E-state index in [0.717, 1.165) is 0 Å². The molecular formula is C10H13N5O5. The molecule has 0 aromatic carbocycles. The Hall–Kier alpha value is -2.29. The van der Waals surface area contributed by atoms with Crippen molar-refractivity contribution < 1.29 is 14.7 Å². The van der Waals surface area contributed by atoms with Crippen molar-refractivity contribution in [2.75, 3.05) is 6.61 Å². The van der Waals surface area contributed by atoms with Crippen molar-refractivity contribution in [1.82, 2.24) is 9.55 Å². The minimum absolute atomic E-state index is 0.204. The van der Waals surface area contributed by atoms with Crippen molar-refractivity contribution in [3.63, 3.8) is 0 Å². The normalized spacial score (nSPS) is 25.2. The molecule has 1 saturated heterocycles. The van der Waals surface area contributed by atoms with Gasteiger partial charge < -0.3 is 14.7 Å². The summed E-state index contributed by atoms with van der Waals surface area (Å²) >= 11 is 0. The van der Waals surface area contributed by atoms with Crippen LogP contribution < -0.4 is 11.2 Å². The first-order valence-electron chi connectivity index (χ1n) is 5.85. The van der Waals surface area contributed by atoms with E-state index in [1.54, 1.807) is 6.92 Å². The number of aliphatic hydroxyl groups is 1. The highest BCUT2D eigenvalue weighted by molar-refractivity contribution is 5.02. The third-order valence-corrected chi connectivity index (χ3v) is 3.04. The second kappa shape index (κ2) is 5.78. The molecule has 0 amide bonds. The van der Waals surface area contributed by atoms with Crippen molar-refractivity contribution >= 4 is 0 Å². The van der Waals surface area contributed by atoms with E-state index in [9.17, 15) is 14.7 Å². The SMILES string of the molecule is Cc1cn(C2CC(ON=[N+]=[N-])C(CO)O2)c(=O)[nH]c1=O. The lowest BCUT2D eigenvalue weighted by molar-refractivity contribution is -0.0626. The predicted octanol–water partition coefficient (Wildman–Crippen LogP) is -0.265. The van der Waals surface area contributed by atoms with Gasteiger partial charge in [0.25, 0.3) is 5.56 Å². The number of azide groups is 1. The molecule has 2 N–H and O–H groups in total. The number of ether oxygens (including phenoxy) is 1. The number of aromatic amines is 1. The smallest absolute Gasteiger partial charge is 0.330 e. The number of hydrogen-bond donors (Lipinski definition) is 2. The summed E-state index contributed by atoms with van der Waals surface area (Å²) in [7, 11) is 0. The standard InChI is InChI=1S/C10H13N5O5/c1-5-3-15(10(18)12-9(5)17)8-2-6(20-14-13-11)7(4-16)19-8/h3,6-8,16H,2,4H2,1H3,(H,12,17,18). The van der Waals surface area contributed by atoms with Gasteiger partial charge >= 0.3 is 5.69 Å². The first-order valence-corrected chi connectivity index (χ1v) is 5.85. The predicted molar refractivity (Wildman–Crippen MR) is 65.7 cm³/mol. The summed E-state index contributed by atoms with van der Waals surface area (Å²) < 4.78 is 6.67. The second-order valence-electron chi connectivity index (χ2n) is 4.34. The van der Waals surface area contributed by atoms with Gasteiger partial charge in [-0.2, -0.15) is 0 Å². The van der Waals surface area contributed by atoms with Crippen LogP contribution in [0, 0.1) is 6.92 Å². The zero-order valence-electron chi connectivity index (χ0n) is 10.6. The lowest BCUT2D eigenvalue weighted by Gasteiger charge is -2.14. The van der Waals surface area contributed by atoms with Crippen LogP contribution in [-0.4, -0.2) is 33.5 Å². The van der Waals surface area contributed by atoms with E-state index in [4.69, 9.17) is 15.1 Å². The molecule has 0 bridgehead atoms. The van der Waals surface area contributed by atoms with Crippen LogP contribution in [-0.2, 0) is 9.57 Å². The van der Waals surface area contributed by atoms with Gasteiger partial charge in [0.1, 0.15) is 23.7 Å². The molecule has 2 heterocycles. The van der Waals surface area contributed by atoms with E-state index in [-0.39, 0.29) is 13.0 Å². The topological polar surface area (TPSA) is 142 Å². The molecule has 0 saturated carbocycles. The maximum atomic E-state index is 11.7. The van der Waals surface area contributed by atoms with Crippen LogP contribution in [0.15, 0.2) is 21.1 Å². The van der Waals surface area contributed by atoms with E-state index in [2.05, 4.69) is 15.2 Å². The summed E-state index contributed by atoms with van der Waals surface area (Å²) in [6.07, 6.45) is -0.523. The maximum absolute atomic E-state index is 11.7. The highest BCUT2D eigenvalue weighted by atomic mass is 16.7. The number of rotatable bonds is 4. The summed E-state index contributed by atoms with van der Waals surface area (Å²) in [5.74, 6) is 0. The molecule has 1 aliphatic heterocycles.